The van der Waals surface area contributed by atoms with E-state index in [1.807, 2.05) is 25.1 Å². The molecule has 0 saturated heterocycles. The number of rotatable bonds is 5. The van der Waals surface area contributed by atoms with Gasteiger partial charge in [0.05, 0.1) is 18.0 Å². The fraction of sp³-hybridized carbons (Fsp3) is 0.400. The second kappa shape index (κ2) is 5.83. The van der Waals surface area contributed by atoms with E-state index in [4.69, 9.17) is 0 Å². The summed E-state index contributed by atoms with van der Waals surface area (Å²) in [7, 11) is 0. The lowest BCUT2D eigenvalue weighted by molar-refractivity contribution is 0.269. The molecular formula is C15H20N2O. The van der Waals surface area contributed by atoms with Crippen LogP contribution in [0.4, 0.5) is 0 Å². The summed E-state index contributed by atoms with van der Waals surface area (Å²) in [5.74, 6) is 0.964. The first kappa shape index (κ1) is 12.8. The summed E-state index contributed by atoms with van der Waals surface area (Å²) in [5.41, 5.74) is 2.96. The molecule has 0 spiro atoms. The van der Waals surface area contributed by atoms with Crippen LogP contribution in [0.2, 0.25) is 0 Å². The van der Waals surface area contributed by atoms with Crippen LogP contribution in [0, 0.1) is 6.92 Å². The second-order valence-corrected chi connectivity index (χ2v) is 4.50. The average molecular weight is 244 g/mol. The van der Waals surface area contributed by atoms with E-state index in [9.17, 15) is 5.11 Å². The number of hydrogen-bond donors (Lipinski definition) is 1. The molecule has 1 aromatic carbocycles. The highest BCUT2D eigenvalue weighted by molar-refractivity contribution is 5.56. The molecule has 0 aliphatic carbocycles. The van der Waals surface area contributed by atoms with Gasteiger partial charge in [0, 0.05) is 12.1 Å². The highest BCUT2D eigenvalue weighted by atomic mass is 16.3. The summed E-state index contributed by atoms with van der Waals surface area (Å²) in [6.07, 6.45) is 2.24. The maximum absolute atomic E-state index is 9.50. The number of hydrogen-bond acceptors (Lipinski definition) is 2. The second-order valence-electron chi connectivity index (χ2n) is 4.50. The molecular weight excluding hydrogens is 224 g/mol. The van der Waals surface area contributed by atoms with Gasteiger partial charge < -0.3 is 9.67 Å². The Balaban J connectivity index is 2.46. The van der Waals surface area contributed by atoms with Crippen molar-refractivity contribution in [3.05, 3.63) is 41.7 Å². The molecule has 0 bridgehead atoms. The Labute approximate surface area is 108 Å². The number of aryl methyl sites for hydroxylation is 1. The Kier molecular flexibility index (Phi) is 4.15. The summed E-state index contributed by atoms with van der Waals surface area (Å²) in [5, 5.41) is 9.50. The zero-order valence-electron chi connectivity index (χ0n) is 11.1. The molecule has 96 valence electrons. The number of aliphatic hydroxyl groups is 1. The lowest BCUT2D eigenvalue weighted by Crippen LogP contribution is -2.05. The van der Waals surface area contributed by atoms with Gasteiger partial charge in [-0.2, -0.15) is 0 Å². The van der Waals surface area contributed by atoms with Crippen molar-refractivity contribution in [1.29, 1.82) is 0 Å². The molecule has 3 nitrogen and oxygen atoms in total. The highest BCUT2D eigenvalue weighted by Crippen LogP contribution is 2.23. The maximum Gasteiger partial charge on any atom is 0.140 e. The summed E-state index contributed by atoms with van der Waals surface area (Å²) >= 11 is 0. The zero-order valence-corrected chi connectivity index (χ0v) is 11.1. The van der Waals surface area contributed by atoms with Crippen molar-refractivity contribution in [1.82, 2.24) is 9.55 Å². The standard InChI is InChI=1S/C15H20N2O/c1-3-4-10-17-14(11-18)12(2)16-15(17)13-8-6-5-7-9-13/h5-9,18H,3-4,10-11H2,1-2H3. The fourth-order valence-corrected chi connectivity index (χ4v) is 2.17. The third-order valence-corrected chi connectivity index (χ3v) is 3.19. The van der Waals surface area contributed by atoms with E-state index in [-0.39, 0.29) is 6.61 Å². The quantitative estimate of drug-likeness (QED) is 0.877. The lowest BCUT2D eigenvalue weighted by Gasteiger charge is -2.10. The first-order chi connectivity index (χ1) is 8.77. The normalized spacial score (nSPS) is 10.8. The van der Waals surface area contributed by atoms with Crippen molar-refractivity contribution >= 4 is 0 Å². The molecule has 0 fully saturated rings. The molecule has 0 aliphatic rings. The van der Waals surface area contributed by atoms with Crippen molar-refractivity contribution in [2.24, 2.45) is 0 Å². The number of nitrogens with zero attached hydrogens (tertiary/aromatic N) is 2. The lowest BCUT2D eigenvalue weighted by atomic mass is 10.2. The molecule has 1 heterocycles. The maximum atomic E-state index is 9.50. The van der Waals surface area contributed by atoms with E-state index in [0.717, 1.165) is 42.2 Å². The van der Waals surface area contributed by atoms with Crippen molar-refractivity contribution in [2.75, 3.05) is 0 Å². The molecule has 18 heavy (non-hydrogen) atoms. The predicted octanol–water partition coefficient (Wildman–Crippen LogP) is 3.15. The van der Waals surface area contributed by atoms with Crippen LogP contribution in [-0.4, -0.2) is 14.7 Å². The third kappa shape index (κ3) is 2.46. The van der Waals surface area contributed by atoms with Gasteiger partial charge in [-0.3, -0.25) is 0 Å². The zero-order chi connectivity index (χ0) is 13.0. The van der Waals surface area contributed by atoms with Crippen LogP contribution in [-0.2, 0) is 13.2 Å². The third-order valence-electron chi connectivity index (χ3n) is 3.19. The summed E-state index contributed by atoms with van der Waals surface area (Å²) in [4.78, 5) is 4.61. The summed E-state index contributed by atoms with van der Waals surface area (Å²) in [6, 6.07) is 10.2. The summed E-state index contributed by atoms with van der Waals surface area (Å²) in [6.45, 7) is 5.10. The molecule has 2 rings (SSSR count). The number of imidazole rings is 1. The predicted molar refractivity (Wildman–Crippen MR) is 73.2 cm³/mol. The molecule has 0 saturated carbocycles. The van der Waals surface area contributed by atoms with Gasteiger partial charge in [0.25, 0.3) is 0 Å². The van der Waals surface area contributed by atoms with Crippen LogP contribution in [0.1, 0.15) is 31.2 Å². The van der Waals surface area contributed by atoms with Crippen LogP contribution in [0.3, 0.4) is 0 Å². The van der Waals surface area contributed by atoms with Crippen molar-refractivity contribution < 1.29 is 5.11 Å². The summed E-state index contributed by atoms with van der Waals surface area (Å²) < 4.78 is 2.15. The number of benzene rings is 1. The fourth-order valence-electron chi connectivity index (χ4n) is 2.17. The van der Waals surface area contributed by atoms with E-state index >= 15 is 0 Å². The van der Waals surface area contributed by atoms with Crippen LogP contribution in [0.15, 0.2) is 30.3 Å². The topological polar surface area (TPSA) is 38.0 Å². The molecule has 0 unspecified atom stereocenters. The molecule has 0 radical (unpaired) electrons. The minimum atomic E-state index is 0.0510. The van der Waals surface area contributed by atoms with Crippen LogP contribution >= 0.6 is 0 Å². The Bertz CT molecular complexity index is 503. The molecule has 0 aliphatic heterocycles. The average Bonchev–Trinajstić information content (AvgIpc) is 2.73. The van der Waals surface area contributed by atoms with E-state index in [1.165, 1.54) is 0 Å². The van der Waals surface area contributed by atoms with E-state index < -0.39 is 0 Å². The van der Waals surface area contributed by atoms with Gasteiger partial charge in [-0.05, 0) is 13.3 Å². The van der Waals surface area contributed by atoms with Crippen molar-refractivity contribution in [2.45, 2.75) is 39.8 Å². The van der Waals surface area contributed by atoms with Crippen molar-refractivity contribution in [3.8, 4) is 11.4 Å². The SMILES string of the molecule is CCCCn1c(-c2ccccc2)nc(C)c1CO. The highest BCUT2D eigenvalue weighted by Gasteiger charge is 2.14. The largest absolute Gasteiger partial charge is 0.390 e. The van der Waals surface area contributed by atoms with Gasteiger partial charge in [0.1, 0.15) is 5.82 Å². The van der Waals surface area contributed by atoms with Gasteiger partial charge in [-0.1, -0.05) is 43.7 Å². The Morgan fingerprint density at radius 3 is 2.56 bits per heavy atom. The van der Waals surface area contributed by atoms with Crippen LogP contribution in [0.5, 0.6) is 0 Å². The monoisotopic (exact) mass is 244 g/mol. The van der Waals surface area contributed by atoms with E-state index in [2.05, 4.69) is 28.6 Å². The smallest absolute Gasteiger partial charge is 0.140 e. The minimum Gasteiger partial charge on any atom is -0.390 e. The van der Waals surface area contributed by atoms with Crippen LogP contribution < -0.4 is 0 Å². The first-order valence-electron chi connectivity index (χ1n) is 6.50. The number of unbranched alkanes of at least 4 members (excludes halogenated alkanes) is 1. The number of aromatic nitrogens is 2. The van der Waals surface area contributed by atoms with Gasteiger partial charge in [-0.25, -0.2) is 4.98 Å². The Morgan fingerprint density at radius 2 is 1.94 bits per heavy atom. The Hall–Kier alpha value is -1.61. The van der Waals surface area contributed by atoms with Crippen LogP contribution in [0.25, 0.3) is 11.4 Å². The van der Waals surface area contributed by atoms with E-state index in [1.54, 1.807) is 0 Å². The molecule has 1 aromatic heterocycles. The van der Waals surface area contributed by atoms with E-state index in [0.29, 0.717) is 0 Å². The molecule has 3 heteroatoms. The molecule has 0 atom stereocenters. The van der Waals surface area contributed by atoms with Crippen molar-refractivity contribution in [3.63, 3.8) is 0 Å². The van der Waals surface area contributed by atoms with Gasteiger partial charge in [-0.15, -0.1) is 0 Å². The van der Waals surface area contributed by atoms with Gasteiger partial charge in [0.15, 0.2) is 0 Å². The minimum absolute atomic E-state index is 0.0510. The van der Waals surface area contributed by atoms with Gasteiger partial charge >= 0.3 is 0 Å². The Morgan fingerprint density at radius 1 is 1.22 bits per heavy atom. The molecule has 1 N–H and O–H groups in total. The molecule has 2 aromatic rings. The first-order valence-corrected chi connectivity index (χ1v) is 6.50. The number of aliphatic hydroxyl groups excluding tert-OH is 1. The van der Waals surface area contributed by atoms with Gasteiger partial charge in [0.2, 0.25) is 0 Å². The molecule has 0 amide bonds.